The molecule has 2 aromatic carbocycles. The average Bonchev–Trinajstić information content (AvgIpc) is 2.50. The number of amides is 1. The monoisotopic (exact) mass is 287 g/mol. The molecule has 0 unspecified atom stereocenters. The van der Waals surface area contributed by atoms with Crippen LogP contribution in [-0.4, -0.2) is 30.5 Å². The van der Waals surface area contributed by atoms with Crippen molar-refractivity contribution in [1.82, 2.24) is 0 Å². The Morgan fingerprint density at radius 1 is 1.14 bits per heavy atom. The molecular weight excluding hydrogens is 270 g/mol. The Labute approximate surface area is 122 Å². The third-order valence-corrected chi connectivity index (χ3v) is 3.59. The standard InChI is InChI=1S/C16H17NO4/c18-16(19)17-14-5-6-15(13-4-2-1-3-12(13)14)21-11-7-9-20-10-8-11/h1-6,11,17H,7-10H2,(H,18,19). The van der Waals surface area contributed by atoms with Gasteiger partial charge in [0, 0.05) is 23.6 Å². The molecule has 1 heterocycles. The van der Waals surface area contributed by atoms with Gasteiger partial charge in [0.05, 0.1) is 18.9 Å². The number of carboxylic acid groups (broad SMARTS) is 1. The summed E-state index contributed by atoms with van der Waals surface area (Å²) in [6.07, 6.45) is 0.839. The average molecular weight is 287 g/mol. The van der Waals surface area contributed by atoms with E-state index in [-0.39, 0.29) is 6.10 Å². The minimum Gasteiger partial charge on any atom is -0.490 e. The largest absolute Gasteiger partial charge is 0.490 e. The normalized spacial score (nSPS) is 15.8. The zero-order valence-electron chi connectivity index (χ0n) is 11.5. The van der Waals surface area contributed by atoms with Crippen molar-refractivity contribution >= 4 is 22.6 Å². The van der Waals surface area contributed by atoms with Crippen LogP contribution in [0.4, 0.5) is 10.5 Å². The van der Waals surface area contributed by atoms with Gasteiger partial charge < -0.3 is 14.6 Å². The predicted octanol–water partition coefficient (Wildman–Crippen LogP) is 3.49. The lowest BCUT2D eigenvalue weighted by atomic mass is 10.1. The van der Waals surface area contributed by atoms with Gasteiger partial charge in [-0.3, -0.25) is 5.32 Å². The van der Waals surface area contributed by atoms with Crippen LogP contribution in [0.15, 0.2) is 36.4 Å². The van der Waals surface area contributed by atoms with Crippen LogP contribution in [0.1, 0.15) is 12.8 Å². The predicted molar refractivity (Wildman–Crippen MR) is 80.1 cm³/mol. The third-order valence-electron chi connectivity index (χ3n) is 3.59. The topological polar surface area (TPSA) is 67.8 Å². The molecule has 0 bridgehead atoms. The van der Waals surface area contributed by atoms with E-state index in [4.69, 9.17) is 14.6 Å². The minimum absolute atomic E-state index is 0.153. The van der Waals surface area contributed by atoms with Crippen molar-refractivity contribution in [2.45, 2.75) is 18.9 Å². The Morgan fingerprint density at radius 2 is 1.86 bits per heavy atom. The first kappa shape index (κ1) is 13.7. The zero-order valence-corrected chi connectivity index (χ0v) is 11.5. The first-order valence-corrected chi connectivity index (χ1v) is 7.00. The van der Waals surface area contributed by atoms with E-state index in [9.17, 15) is 4.79 Å². The van der Waals surface area contributed by atoms with Crippen LogP contribution in [0.3, 0.4) is 0 Å². The second-order valence-electron chi connectivity index (χ2n) is 5.02. The molecule has 1 aliphatic heterocycles. The highest BCUT2D eigenvalue weighted by atomic mass is 16.5. The van der Waals surface area contributed by atoms with Crippen molar-refractivity contribution in [3.63, 3.8) is 0 Å². The second-order valence-corrected chi connectivity index (χ2v) is 5.02. The van der Waals surface area contributed by atoms with Crippen molar-refractivity contribution in [1.29, 1.82) is 0 Å². The lowest BCUT2D eigenvalue weighted by Crippen LogP contribution is -2.25. The highest BCUT2D eigenvalue weighted by Gasteiger charge is 2.17. The Balaban J connectivity index is 1.94. The molecule has 110 valence electrons. The summed E-state index contributed by atoms with van der Waals surface area (Å²) in [5.74, 6) is 0.786. The molecule has 21 heavy (non-hydrogen) atoms. The van der Waals surface area contributed by atoms with Crippen LogP contribution in [0.2, 0.25) is 0 Å². The molecule has 1 aliphatic rings. The fourth-order valence-corrected chi connectivity index (χ4v) is 2.57. The molecule has 5 nitrogen and oxygen atoms in total. The number of hydrogen-bond donors (Lipinski definition) is 2. The summed E-state index contributed by atoms with van der Waals surface area (Å²) in [6, 6.07) is 11.2. The summed E-state index contributed by atoms with van der Waals surface area (Å²) in [5.41, 5.74) is 0.567. The molecule has 0 radical (unpaired) electrons. The number of anilines is 1. The van der Waals surface area contributed by atoms with Gasteiger partial charge in [0.15, 0.2) is 0 Å². The number of nitrogens with one attached hydrogen (secondary N) is 1. The second kappa shape index (κ2) is 6.01. The molecule has 5 heteroatoms. The van der Waals surface area contributed by atoms with Crippen LogP contribution in [-0.2, 0) is 4.74 Å². The van der Waals surface area contributed by atoms with E-state index >= 15 is 0 Å². The van der Waals surface area contributed by atoms with Gasteiger partial charge in [-0.05, 0) is 12.1 Å². The summed E-state index contributed by atoms with van der Waals surface area (Å²) in [4.78, 5) is 10.9. The molecule has 1 saturated heterocycles. The number of carbonyl (C=O) groups is 1. The Morgan fingerprint density at radius 3 is 2.57 bits per heavy atom. The molecule has 0 aliphatic carbocycles. The fraction of sp³-hybridized carbons (Fsp3) is 0.312. The summed E-state index contributed by atoms with van der Waals surface area (Å²) in [5, 5.41) is 13.1. The SMILES string of the molecule is O=C(O)Nc1ccc(OC2CCOCC2)c2ccccc12. The molecule has 0 saturated carbocycles. The van der Waals surface area contributed by atoms with E-state index in [0.717, 1.165) is 42.6 Å². The summed E-state index contributed by atoms with van der Waals surface area (Å²) < 4.78 is 11.4. The van der Waals surface area contributed by atoms with Gasteiger partial charge in [-0.1, -0.05) is 24.3 Å². The smallest absolute Gasteiger partial charge is 0.409 e. The van der Waals surface area contributed by atoms with Crippen LogP contribution in [0.25, 0.3) is 10.8 Å². The fourth-order valence-electron chi connectivity index (χ4n) is 2.57. The van der Waals surface area contributed by atoms with Gasteiger partial charge in [-0.2, -0.15) is 0 Å². The van der Waals surface area contributed by atoms with Crippen molar-refractivity contribution < 1.29 is 19.4 Å². The molecule has 0 spiro atoms. The van der Waals surface area contributed by atoms with E-state index in [1.807, 2.05) is 30.3 Å². The van der Waals surface area contributed by atoms with Gasteiger partial charge in [-0.25, -0.2) is 4.79 Å². The molecule has 2 aromatic rings. The first-order valence-electron chi connectivity index (χ1n) is 7.00. The molecule has 0 aromatic heterocycles. The lowest BCUT2D eigenvalue weighted by Gasteiger charge is -2.24. The van der Waals surface area contributed by atoms with Crippen molar-refractivity contribution in [3.8, 4) is 5.75 Å². The summed E-state index contributed by atoms with van der Waals surface area (Å²) >= 11 is 0. The quantitative estimate of drug-likeness (QED) is 0.906. The zero-order chi connectivity index (χ0) is 14.7. The van der Waals surface area contributed by atoms with Gasteiger partial charge >= 0.3 is 6.09 Å². The van der Waals surface area contributed by atoms with Crippen molar-refractivity contribution in [3.05, 3.63) is 36.4 Å². The van der Waals surface area contributed by atoms with E-state index in [2.05, 4.69) is 5.32 Å². The van der Waals surface area contributed by atoms with Gasteiger partial charge in [0.25, 0.3) is 0 Å². The van der Waals surface area contributed by atoms with Crippen molar-refractivity contribution in [2.75, 3.05) is 18.5 Å². The van der Waals surface area contributed by atoms with E-state index in [0.29, 0.717) is 5.69 Å². The van der Waals surface area contributed by atoms with Crippen LogP contribution < -0.4 is 10.1 Å². The Hall–Kier alpha value is -2.27. The molecule has 3 rings (SSSR count). The highest BCUT2D eigenvalue weighted by molar-refractivity contribution is 6.02. The maximum Gasteiger partial charge on any atom is 0.409 e. The molecule has 1 amide bonds. The van der Waals surface area contributed by atoms with Gasteiger partial charge in [-0.15, -0.1) is 0 Å². The van der Waals surface area contributed by atoms with Crippen LogP contribution >= 0.6 is 0 Å². The maximum absolute atomic E-state index is 10.9. The molecule has 1 fully saturated rings. The number of ether oxygens (including phenoxy) is 2. The minimum atomic E-state index is -1.07. The molecule has 2 N–H and O–H groups in total. The van der Waals surface area contributed by atoms with Crippen LogP contribution in [0.5, 0.6) is 5.75 Å². The highest BCUT2D eigenvalue weighted by Crippen LogP contribution is 2.33. The summed E-state index contributed by atoms with van der Waals surface area (Å²) in [7, 11) is 0. The first-order chi connectivity index (χ1) is 10.2. The van der Waals surface area contributed by atoms with Crippen molar-refractivity contribution in [2.24, 2.45) is 0 Å². The molecular formula is C16H17NO4. The van der Waals surface area contributed by atoms with Crippen LogP contribution in [0, 0.1) is 0 Å². The Bertz CT molecular complexity index is 650. The van der Waals surface area contributed by atoms with Gasteiger partial charge in [0.1, 0.15) is 11.9 Å². The van der Waals surface area contributed by atoms with Gasteiger partial charge in [0.2, 0.25) is 0 Å². The maximum atomic E-state index is 10.9. The number of fused-ring (bicyclic) bond motifs is 1. The Kier molecular flexibility index (Phi) is 3.92. The lowest BCUT2D eigenvalue weighted by molar-refractivity contribution is 0.0262. The third kappa shape index (κ3) is 3.08. The summed E-state index contributed by atoms with van der Waals surface area (Å²) in [6.45, 7) is 1.45. The number of hydrogen-bond acceptors (Lipinski definition) is 3. The molecule has 0 atom stereocenters. The van der Waals surface area contributed by atoms with E-state index in [1.165, 1.54) is 0 Å². The number of benzene rings is 2. The van der Waals surface area contributed by atoms with E-state index in [1.54, 1.807) is 6.07 Å². The number of rotatable bonds is 3. The van der Waals surface area contributed by atoms with E-state index < -0.39 is 6.09 Å².